The molecule has 4 rings (SSSR count). The molecule has 3 aromatic heterocycles. The Balaban J connectivity index is 0.000000306. The molecule has 1 fully saturated rings. The summed E-state index contributed by atoms with van der Waals surface area (Å²) in [4.78, 5) is 13.4. The van der Waals surface area contributed by atoms with Crippen LogP contribution in [-0.4, -0.2) is 50.0 Å². The molecule has 1 aliphatic rings. The summed E-state index contributed by atoms with van der Waals surface area (Å²) < 4.78 is 23.2. The summed E-state index contributed by atoms with van der Waals surface area (Å²) in [5.74, 6) is 1.68. The Morgan fingerprint density at radius 3 is 2.35 bits per heavy atom. The van der Waals surface area contributed by atoms with Crippen LogP contribution in [0.4, 0.5) is 26.2 Å². The smallest absolute Gasteiger partial charge is 0.240 e. The molecule has 3 aromatic rings. The maximum Gasteiger partial charge on any atom is 0.240 e. The van der Waals surface area contributed by atoms with Crippen LogP contribution in [0.1, 0.15) is 52.7 Å². The molecule has 186 valence electrons. The number of halogens is 2. The highest BCUT2D eigenvalue weighted by Gasteiger charge is 2.21. The van der Waals surface area contributed by atoms with Gasteiger partial charge in [0.2, 0.25) is 12.4 Å². The van der Waals surface area contributed by atoms with E-state index >= 15 is 0 Å². The molecule has 0 saturated heterocycles. The Labute approximate surface area is 199 Å². The molecule has 3 heterocycles. The number of nitrogen functional groups attached to an aromatic ring is 1. The van der Waals surface area contributed by atoms with Gasteiger partial charge in [0.15, 0.2) is 5.82 Å². The number of aliphatic imine (C=N–C) groups is 1. The zero-order chi connectivity index (χ0) is 25.4. The van der Waals surface area contributed by atoms with Crippen molar-refractivity contribution in [3.05, 3.63) is 30.1 Å². The minimum atomic E-state index is -2.12. The number of aliphatic hydroxyl groups excluding tert-OH is 1. The van der Waals surface area contributed by atoms with Crippen molar-refractivity contribution in [3.8, 4) is 11.3 Å². The summed E-state index contributed by atoms with van der Waals surface area (Å²) in [5, 5.41) is 15.9. The Hall–Kier alpha value is -3.14. The van der Waals surface area contributed by atoms with Gasteiger partial charge in [-0.3, -0.25) is 9.98 Å². The summed E-state index contributed by atoms with van der Waals surface area (Å²) in [6.07, 6.45) is 1.80. The number of fused-ring (bicyclic) bond motifs is 1. The van der Waals surface area contributed by atoms with Crippen LogP contribution in [0.15, 0.2) is 29.4 Å². The number of aliphatic hydroxyl groups is 1. The molecule has 0 unspecified atom stereocenters. The van der Waals surface area contributed by atoms with Crippen LogP contribution in [0.5, 0.6) is 0 Å². The first-order valence-electron chi connectivity index (χ1n) is 11.3. The lowest BCUT2D eigenvalue weighted by atomic mass is 9.84. The first-order valence-corrected chi connectivity index (χ1v) is 11.3. The van der Waals surface area contributed by atoms with E-state index in [0.29, 0.717) is 5.82 Å². The van der Waals surface area contributed by atoms with Crippen LogP contribution in [0.25, 0.3) is 16.8 Å². The molecule has 0 aromatic carbocycles. The normalized spacial score (nSPS) is 16.6. The molecular formula is C24H35F2N7O. The molecule has 4 N–H and O–H groups in total. The number of aryl methyl sites for hydroxylation is 1. The highest BCUT2D eigenvalue weighted by molar-refractivity contribution is 5.88. The number of anilines is 2. The van der Waals surface area contributed by atoms with Gasteiger partial charge in [-0.25, -0.2) is 13.3 Å². The lowest BCUT2D eigenvalue weighted by Crippen LogP contribution is -2.25. The highest BCUT2D eigenvalue weighted by atomic mass is 19.3. The molecule has 0 spiro atoms. The summed E-state index contributed by atoms with van der Waals surface area (Å²) in [7, 11) is 1.80. The molecule has 8 nitrogen and oxygen atoms in total. The van der Waals surface area contributed by atoms with E-state index in [9.17, 15) is 8.78 Å². The van der Waals surface area contributed by atoms with Crippen molar-refractivity contribution in [2.24, 2.45) is 10.9 Å². The van der Waals surface area contributed by atoms with Crippen LogP contribution in [-0.2, 0) is 0 Å². The van der Waals surface area contributed by atoms with Gasteiger partial charge in [-0.05, 0) is 57.7 Å². The number of nitrogens with one attached hydrogen (secondary N) is 1. The second-order valence-electron chi connectivity index (χ2n) is 8.48. The molecule has 10 heteroatoms. The lowest BCUT2D eigenvalue weighted by molar-refractivity contribution is 0.0513. The second-order valence-corrected chi connectivity index (χ2v) is 8.48. The minimum absolute atomic E-state index is 0.0278. The molecule has 34 heavy (non-hydrogen) atoms. The first kappa shape index (κ1) is 27.1. The van der Waals surface area contributed by atoms with Crippen molar-refractivity contribution >= 4 is 28.7 Å². The second kappa shape index (κ2) is 12.4. The van der Waals surface area contributed by atoms with Crippen molar-refractivity contribution in [3.63, 3.8) is 0 Å². The first-order chi connectivity index (χ1) is 16.0. The van der Waals surface area contributed by atoms with E-state index in [2.05, 4.69) is 32.3 Å². The highest BCUT2D eigenvalue weighted by Crippen LogP contribution is 2.30. The third-order valence-corrected chi connectivity index (χ3v) is 5.10. The number of hydrogen-bond donors (Lipinski definition) is 3. The maximum atomic E-state index is 10.8. The predicted octanol–water partition coefficient (Wildman–Crippen LogP) is 5.27. The van der Waals surface area contributed by atoms with Crippen LogP contribution < -0.4 is 11.1 Å². The minimum Gasteiger partial charge on any atom is -0.393 e. The zero-order valence-corrected chi connectivity index (χ0v) is 20.7. The van der Waals surface area contributed by atoms with Crippen molar-refractivity contribution in [1.29, 1.82) is 0 Å². The van der Waals surface area contributed by atoms with E-state index in [1.807, 2.05) is 45.2 Å². The molecule has 0 amide bonds. The van der Waals surface area contributed by atoms with Gasteiger partial charge >= 0.3 is 0 Å². The Morgan fingerprint density at radius 2 is 1.91 bits per heavy atom. The molecule has 0 bridgehead atoms. The largest absolute Gasteiger partial charge is 0.393 e. The molecule has 0 radical (unpaired) electrons. The van der Waals surface area contributed by atoms with E-state index in [1.165, 1.54) is 6.92 Å². The van der Waals surface area contributed by atoms with Gasteiger partial charge in [0.05, 0.1) is 23.2 Å². The number of nitrogens with two attached hydrogens (primary N) is 1. The summed E-state index contributed by atoms with van der Waals surface area (Å²) in [6, 6.07) is 5.89. The Morgan fingerprint density at radius 1 is 1.26 bits per heavy atom. The van der Waals surface area contributed by atoms with Crippen molar-refractivity contribution in [2.45, 2.75) is 66.4 Å². The van der Waals surface area contributed by atoms with E-state index in [-0.39, 0.29) is 18.5 Å². The van der Waals surface area contributed by atoms with E-state index in [4.69, 9.17) is 10.8 Å². The van der Waals surface area contributed by atoms with Gasteiger partial charge in [-0.1, -0.05) is 13.8 Å². The maximum absolute atomic E-state index is 10.8. The van der Waals surface area contributed by atoms with Crippen LogP contribution >= 0.6 is 0 Å². The fourth-order valence-corrected chi connectivity index (χ4v) is 3.35. The Bertz CT molecular complexity index is 1100. The van der Waals surface area contributed by atoms with Gasteiger partial charge in [-0.2, -0.15) is 4.98 Å². The summed E-state index contributed by atoms with van der Waals surface area (Å²) in [6.45, 7) is 9.50. The fraction of sp³-hybridized carbons (Fsp3) is 0.500. The third kappa shape index (κ3) is 7.44. The van der Waals surface area contributed by atoms with Gasteiger partial charge < -0.3 is 16.2 Å². The van der Waals surface area contributed by atoms with Gasteiger partial charge in [0.1, 0.15) is 5.52 Å². The monoisotopic (exact) mass is 475 g/mol. The number of rotatable bonds is 4. The number of pyridine rings is 1. The van der Waals surface area contributed by atoms with Crippen LogP contribution in [0.2, 0.25) is 0 Å². The van der Waals surface area contributed by atoms with E-state index in [0.717, 1.165) is 52.6 Å². The van der Waals surface area contributed by atoms with Crippen LogP contribution in [0, 0.1) is 12.8 Å². The average molecular weight is 476 g/mol. The molecule has 1 saturated carbocycles. The lowest BCUT2D eigenvalue weighted by Gasteiger charge is -2.27. The Kier molecular flexibility index (Phi) is 9.85. The molecule has 0 atom stereocenters. The fourth-order valence-electron chi connectivity index (χ4n) is 3.35. The van der Waals surface area contributed by atoms with Crippen molar-refractivity contribution < 1.29 is 13.9 Å². The molecule has 0 aliphatic heterocycles. The van der Waals surface area contributed by atoms with Crippen LogP contribution in [0.3, 0.4) is 0 Å². The number of alkyl halides is 2. The topological polar surface area (TPSA) is 114 Å². The van der Waals surface area contributed by atoms with E-state index in [1.54, 1.807) is 11.6 Å². The SMILES string of the molecule is CC1CC(O)C1.CCC(F)F.CNc1nc(N)nn2ccc(-c3ccc(N=C(C)C)c(C)n3)c12. The quantitative estimate of drug-likeness (QED) is 0.443. The average Bonchev–Trinajstić information content (AvgIpc) is 3.18. The summed E-state index contributed by atoms with van der Waals surface area (Å²) >= 11 is 0. The van der Waals surface area contributed by atoms with E-state index < -0.39 is 6.43 Å². The van der Waals surface area contributed by atoms with Gasteiger partial charge in [0.25, 0.3) is 0 Å². The van der Waals surface area contributed by atoms with Crippen molar-refractivity contribution in [2.75, 3.05) is 18.1 Å². The molecule has 1 aliphatic carbocycles. The standard InChI is InChI=1S/C16H19N7.C5H10O.C3H6F2/c1-9(2)19-12-5-6-13(20-10(12)3)11-7-8-23-14(11)15(18-4)21-16(17)22-23;1-4-2-5(6)3-4;1-2-3(4)5/h5-8H,1-4H3,(H3,17,18,21,22);4-6H,2-3H2,1H3;3H,2H2,1H3. The number of aromatic nitrogens is 4. The predicted molar refractivity (Wildman–Crippen MR) is 134 cm³/mol. The van der Waals surface area contributed by atoms with Gasteiger partial charge in [-0.15, -0.1) is 5.10 Å². The van der Waals surface area contributed by atoms with Gasteiger partial charge in [0, 0.05) is 30.9 Å². The third-order valence-electron chi connectivity index (χ3n) is 5.10. The number of nitrogens with zero attached hydrogens (tertiary/aromatic N) is 5. The molecular weight excluding hydrogens is 440 g/mol. The summed E-state index contributed by atoms with van der Waals surface area (Å²) in [5.41, 5.74) is 11.1. The van der Waals surface area contributed by atoms with Crippen molar-refractivity contribution in [1.82, 2.24) is 19.6 Å². The number of hydrogen-bond acceptors (Lipinski definition) is 7. The zero-order valence-electron chi connectivity index (χ0n) is 20.7.